The topological polar surface area (TPSA) is 72.9 Å². The second-order valence-corrected chi connectivity index (χ2v) is 7.41. The van der Waals surface area contributed by atoms with Crippen molar-refractivity contribution in [2.45, 2.75) is 39.5 Å². The minimum atomic E-state index is -0.179. The van der Waals surface area contributed by atoms with Crippen LogP contribution in [0.4, 0.5) is 5.82 Å². The van der Waals surface area contributed by atoms with Crippen LogP contribution in [-0.2, 0) is 16.0 Å². The molecule has 30 heavy (non-hydrogen) atoms. The number of amides is 1. The number of nitrogens with zero attached hydrogens (tertiary/aromatic N) is 2. The third kappa shape index (κ3) is 6.18. The number of hydrogen-bond donors (Lipinski definition) is 1. The number of hydrogen-bond acceptors (Lipinski definition) is 6. The fraction of sp³-hybridized carbons (Fsp3) is 0.478. The van der Waals surface area contributed by atoms with Crippen molar-refractivity contribution < 1.29 is 19.0 Å². The first-order valence-electron chi connectivity index (χ1n) is 10.5. The molecule has 1 aromatic carbocycles. The summed E-state index contributed by atoms with van der Waals surface area (Å²) < 4.78 is 16.8. The monoisotopic (exact) mass is 413 g/mol. The zero-order chi connectivity index (χ0) is 21.3. The molecule has 2 unspecified atom stereocenters. The Balaban J connectivity index is 1.55. The van der Waals surface area contributed by atoms with E-state index in [1.54, 1.807) is 12.1 Å². The highest BCUT2D eigenvalue weighted by molar-refractivity contribution is 5.96. The van der Waals surface area contributed by atoms with E-state index >= 15 is 0 Å². The van der Waals surface area contributed by atoms with Gasteiger partial charge in [-0.2, -0.15) is 0 Å². The third-order valence-electron chi connectivity index (χ3n) is 4.83. The van der Waals surface area contributed by atoms with Crippen molar-refractivity contribution >= 4 is 11.7 Å². The number of ether oxygens (including phenoxy) is 3. The van der Waals surface area contributed by atoms with Gasteiger partial charge >= 0.3 is 0 Å². The van der Waals surface area contributed by atoms with Crippen LogP contribution in [0.15, 0.2) is 42.6 Å². The summed E-state index contributed by atoms with van der Waals surface area (Å²) in [6, 6.07) is 11.2. The number of anilines is 1. The molecule has 2 aromatic rings. The molecule has 0 aliphatic carbocycles. The Hall–Kier alpha value is -2.64. The molecular weight excluding hydrogens is 382 g/mol. The van der Waals surface area contributed by atoms with Crippen molar-refractivity contribution in [3.05, 3.63) is 53.7 Å². The third-order valence-corrected chi connectivity index (χ3v) is 4.83. The first kappa shape index (κ1) is 22.1. The molecule has 2 heterocycles. The van der Waals surface area contributed by atoms with Crippen LogP contribution in [0.3, 0.4) is 0 Å². The molecule has 1 amide bonds. The minimum absolute atomic E-state index is 0.179. The number of morpholine rings is 1. The normalized spacial score (nSPS) is 18.8. The van der Waals surface area contributed by atoms with Gasteiger partial charge in [0, 0.05) is 32.4 Å². The Kier molecular flexibility index (Phi) is 8.04. The van der Waals surface area contributed by atoms with Gasteiger partial charge in [0.1, 0.15) is 18.2 Å². The van der Waals surface area contributed by atoms with E-state index in [-0.39, 0.29) is 18.1 Å². The molecule has 1 aromatic heterocycles. The maximum atomic E-state index is 12.6. The molecule has 3 rings (SSSR count). The minimum Gasteiger partial charge on any atom is -0.490 e. The summed E-state index contributed by atoms with van der Waals surface area (Å²) in [4.78, 5) is 19.5. The van der Waals surface area contributed by atoms with Crippen LogP contribution in [0.2, 0.25) is 0 Å². The molecule has 1 saturated heterocycles. The number of rotatable bonds is 9. The molecule has 0 spiro atoms. The van der Waals surface area contributed by atoms with Gasteiger partial charge in [0.15, 0.2) is 0 Å². The number of carbonyl (C=O) groups is 1. The van der Waals surface area contributed by atoms with Crippen molar-refractivity contribution in [3.63, 3.8) is 0 Å². The highest BCUT2D eigenvalue weighted by Gasteiger charge is 2.23. The van der Waals surface area contributed by atoms with Crippen LogP contribution in [0.1, 0.15) is 36.7 Å². The van der Waals surface area contributed by atoms with Crippen molar-refractivity contribution in [1.82, 2.24) is 10.3 Å². The lowest BCUT2D eigenvalue weighted by molar-refractivity contribution is -0.00546. The Labute approximate surface area is 178 Å². The zero-order valence-corrected chi connectivity index (χ0v) is 18.0. The number of benzene rings is 1. The summed E-state index contributed by atoms with van der Waals surface area (Å²) in [7, 11) is 0. The van der Waals surface area contributed by atoms with Gasteiger partial charge in [-0.3, -0.25) is 4.79 Å². The Morgan fingerprint density at radius 2 is 1.93 bits per heavy atom. The van der Waals surface area contributed by atoms with E-state index in [1.807, 2.05) is 37.4 Å². The number of pyridine rings is 1. The standard InChI is InChI=1S/C23H31N3O4/c1-4-28-11-12-29-21-8-6-5-7-20(21)23(27)25-14-19-9-10-22(24-13-19)26-15-17(2)30-18(3)16-26/h5-10,13,17-18H,4,11-12,14-16H2,1-3H3,(H,25,27). The molecule has 1 N–H and O–H groups in total. The molecule has 0 saturated carbocycles. The highest BCUT2D eigenvalue weighted by atomic mass is 16.5. The van der Waals surface area contributed by atoms with Crippen LogP contribution in [0.5, 0.6) is 5.75 Å². The van der Waals surface area contributed by atoms with E-state index in [0.29, 0.717) is 37.7 Å². The van der Waals surface area contributed by atoms with E-state index in [4.69, 9.17) is 14.2 Å². The van der Waals surface area contributed by atoms with Gasteiger partial charge in [-0.1, -0.05) is 18.2 Å². The van der Waals surface area contributed by atoms with Crippen LogP contribution in [-0.4, -0.2) is 56.0 Å². The van der Waals surface area contributed by atoms with Gasteiger partial charge in [0.25, 0.3) is 5.91 Å². The number of carbonyl (C=O) groups excluding carboxylic acids is 1. The van der Waals surface area contributed by atoms with Crippen LogP contribution in [0.25, 0.3) is 0 Å². The van der Waals surface area contributed by atoms with Gasteiger partial charge < -0.3 is 24.4 Å². The first-order valence-corrected chi connectivity index (χ1v) is 10.5. The zero-order valence-electron chi connectivity index (χ0n) is 18.0. The number of aromatic nitrogens is 1. The van der Waals surface area contributed by atoms with Gasteiger partial charge in [0.2, 0.25) is 0 Å². The van der Waals surface area contributed by atoms with Crippen molar-refractivity contribution in [3.8, 4) is 5.75 Å². The van der Waals surface area contributed by atoms with Gasteiger partial charge in [0.05, 0.1) is 24.4 Å². The van der Waals surface area contributed by atoms with Gasteiger partial charge in [-0.15, -0.1) is 0 Å². The summed E-state index contributed by atoms with van der Waals surface area (Å²) in [6.45, 7) is 9.67. The van der Waals surface area contributed by atoms with E-state index in [1.165, 1.54) is 0 Å². The quantitative estimate of drug-likeness (QED) is 0.637. The molecule has 1 aliphatic rings. The van der Waals surface area contributed by atoms with Gasteiger partial charge in [-0.25, -0.2) is 4.98 Å². The van der Waals surface area contributed by atoms with Crippen LogP contribution in [0, 0.1) is 0 Å². The first-order chi connectivity index (χ1) is 14.6. The molecule has 0 bridgehead atoms. The van der Waals surface area contributed by atoms with E-state index in [9.17, 15) is 4.79 Å². The smallest absolute Gasteiger partial charge is 0.255 e. The molecule has 0 radical (unpaired) electrons. The molecule has 2 atom stereocenters. The molecule has 7 heteroatoms. The van der Waals surface area contributed by atoms with Crippen molar-refractivity contribution in [1.29, 1.82) is 0 Å². The maximum Gasteiger partial charge on any atom is 0.255 e. The average molecular weight is 414 g/mol. The average Bonchev–Trinajstić information content (AvgIpc) is 2.75. The summed E-state index contributed by atoms with van der Waals surface area (Å²) in [5.41, 5.74) is 1.45. The second-order valence-electron chi connectivity index (χ2n) is 7.41. The molecule has 7 nitrogen and oxygen atoms in total. The second kappa shape index (κ2) is 10.9. The van der Waals surface area contributed by atoms with E-state index in [2.05, 4.69) is 29.0 Å². The van der Waals surface area contributed by atoms with Crippen LogP contribution < -0.4 is 15.0 Å². The molecular formula is C23H31N3O4. The number of nitrogens with one attached hydrogen (secondary N) is 1. The lowest BCUT2D eigenvalue weighted by atomic mass is 10.2. The van der Waals surface area contributed by atoms with Crippen LogP contribution >= 0.6 is 0 Å². The fourth-order valence-electron chi connectivity index (χ4n) is 3.49. The Morgan fingerprint density at radius 1 is 1.17 bits per heavy atom. The predicted octanol–water partition coefficient (Wildman–Crippen LogP) is 3.04. The lowest BCUT2D eigenvalue weighted by Gasteiger charge is -2.36. The molecule has 1 fully saturated rings. The SMILES string of the molecule is CCOCCOc1ccccc1C(=O)NCc1ccc(N2CC(C)OC(C)C2)nc1. The largest absolute Gasteiger partial charge is 0.490 e. The van der Waals surface area contributed by atoms with Crippen molar-refractivity contribution in [2.24, 2.45) is 0 Å². The van der Waals surface area contributed by atoms with Gasteiger partial charge in [-0.05, 0) is 44.5 Å². The molecule has 1 aliphatic heterocycles. The lowest BCUT2D eigenvalue weighted by Crippen LogP contribution is -2.45. The number of para-hydroxylation sites is 1. The Bertz CT molecular complexity index is 802. The van der Waals surface area contributed by atoms with E-state index < -0.39 is 0 Å². The van der Waals surface area contributed by atoms with Crippen molar-refractivity contribution in [2.75, 3.05) is 37.8 Å². The molecule has 162 valence electrons. The maximum absolute atomic E-state index is 12.6. The highest BCUT2D eigenvalue weighted by Crippen LogP contribution is 2.20. The van der Waals surface area contributed by atoms with E-state index in [0.717, 1.165) is 24.5 Å². The predicted molar refractivity (Wildman–Crippen MR) is 116 cm³/mol. The summed E-state index contributed by atoms with van der Waals surface area (Å²) in [5, 5.41) is 2.95. The summed E-state index contributed by atoms with van der Waals surface area (Å²) in [6.07, 6.45) is 2.18. The summed E-state index contributed by atoms with van der Waals surface area (Å²) >= 11 is 0. The summed E-state index contributed by atoms with van der Waals surface area (Å²) in [5.74, 6) is 1.31. The Morgan fingerprint density at radius 3 is 2.63 bits per heavy atom. The fourth-order valence-corrected chi connectivity index (χ4v) is 3.49.